The summed E-state index contributed by atoms with van der Waals surface area (Å²) in [5, 5.41) is 5.06. The number of thiophene rings is 1. The first kappa shape index (κ1) is 39.3. The lowest BCUT2D eigenvalue weighted by molar-refractivity contribution is 0.668. The average Bonchev–Trinajstić information content (AvgIpc) is 4.05. The molecule has 7 aromatic carbocycles. The summed E-state index contributed by atoms with van der Waals surface area (Å²) < 4.78 is 15.0. The summed E-state index contributed by atoms with van der Waals surface area (Å²) in [4.78, 5) is 25.6. The molecular formula is C55H41N5O2S. The van der Waals surface area contributed by atoms with Crippen molar-refractivity contribution in [1.82, 2.24) is 24.9 Å². The van der Waals surface area contributed by atoms with E-state index in [9.17, 15) is 0 Å². The summed E-state index contributed by atoms with van der Waals surface area (Å²) in [7, 11) is 0. The van der Waals surface area contributed by atoms with Gasteiger partial charge in [0.1, 0.15) is 22.3 Å². The van der Waals surface area contributed by atoms with Crippen LogP contribution in [0.5, 0.6) is 0 Å². The maximum Gasteiger partial charge on any atom is 0.164 e. The lowest BCUT2D eigenvalue weighted by Gasteiger charge is -2.09. The van der Waals surface area contributed by atoms with Crippen LogP contribution in [0.15, 0.2) is 185 Å². The van der Waals surface area contributed by atoms with E-state index in [0.717, 1.165) is 93.0 Å². The molecule has 0 amide bonds. The number of hydrogen-bond acceptors (Lipinski definition) is 8. The monoisotopic (exact) mass is 835 g/mol. The van der Waals surface area contributed by atoms with E-state index in [1.54, 1.807) is 11.3 Å². The second kappa shape index (κ2) is 16.9. The van der Waals surface area contributed by atoms with E-state index < -0.39 is 0 Å². The van der Waals surface area contributed by atoms with Gasteiger partial charge in [0, 0.05) is 59.4 Å². The van der Waals surface area contributed by atoms with E-state index in [4.69, 9.17) is 33.8 Å². The van der Waals surface area contributed by atoms with Crippen molar-refractivity contribution in [2.75, 3.05) is 0 Å². The van der Waals surface area contributed by atoms with Crippen LogP contribution < -0.4 is 0 Å². The summed E-state index contributed by atoms with van der Waals surface area (Å²) >= 11 is 1.73. The Bertz CT molecular complexity index is 3620. The second-order valence-electron chi connectivity index (χ2n) is 14.7. The molecule has 12 rings (SSSR count). The molecule has 5 aromatic heterocycles. The first-order chi connectivity index (χ1) is 31.1. The third-order valence-electron chi connectivity index (χ3n) is 10.9. The number of nitrogens with zero attached hydrogens (tertiary/aromatic N) is 5. The molecule has 304 valence electrons. The van der Waals surface area contributed by atoms with Crippen molar-refractivity contribution in [3.8, 4) is 56.8 Å². The zero-order chi connectivity index (χ0) is 42.9. The Hall–Kier alpha value is -7.81. The van der Waals surface area contributed by atoms with Crippen molar-refractivity contribution in [1.29, 1.82) is 0 Å². The molecule has 0 radical (unpaired) electrons. The molecule has 0 N–H and O–H groups in total. The van der Waals surface area contributed by atoms with Gasteiger partial charge in [0.2, 0.25) is 0 Å². The summed E-state index contributed by atoms with van der Waals surface area (Å²) in [5.74, 6) is 2.35. The van der Waals surface area contributed by atoms with Crippen LogP contribution in [0.2, 0.25) is 0 Å². The molecule has 0 aliphatic heterocycles. The molecule has 7 nitrogen and oxygen atoms in total. The van der Waals surface area contributed by atoms with Gasteiger partial charge in [-0.15, -0.1) is 11.3 Å². The number of rotatable bonds is 5. The smallest absolute Gasteiger partial charge is 0.164 e. The minimum atomic E-state index is 0.555. The predicted octanol–water partition coefficient (Wildman–Crippen LogP) is 15.8. The third-order valence-corrected chi connectivity index (χ3v) is 12.1. The predicted molar refractivity (Wildman–Crippen MR) is 262 cm³/mol. The Morgan fingerprint density at radius 1 is 0.413 bits per heavy atom. The minimum absolute atomic E-state index is 0.555. The number of furan rings is 2. The highest BCUT2D eigenvalue weighted by Crippen LogP contribution is 2.42. The van der Waals surface area contributed by atoms with E-state index in [2.05, 4.69) is 66.7 Å². The summed E-state index contributed by atoms with van der Waals surface area (Å²) in [6, 6.07) is 55.2. The zero-order valence-corrected chi connectivity index (χ0v) is 36.0. The van der Waals surface area contributed by atoms with Crippen LogP contribution in [0.4, 0.5) is 0 Å². The van der Waals surface area contributed by atoms with E-state index in [-0.39, 0.29) is 0 Å². The van der Waals surface area contributed by atoms with Gasteiger partial charge in [0.05, 0.1) is 15.9 Å². The first-order valence-corrected chi connectivity index (χ1v) is 22.0. The van der Waals surface area contributed by atoms with E-state index in [0.29, 0.717) is 23.3 Å². The number of para-hydroxylation sites is 1. The SMILES string of the molecule is C/C=C\C.CC.c1ccc(-c2nc(-c3ccc4oc5ccccc5c4c3)nc(-c3cccc4oc5cc(-c6nc(-c7ccccc7)c7sc8ccccc8c7n6)ccc5c34)n2)cc1. The fourth-order valence-electron chi connectivity index (χ4n) is 7.87. The van der Waals surface area contributed by atoms with Gasteiger partial charge in [-0.1, -0.05) is 141 Å². The van der Waals surface area contributed by atoms with Crippen molar-refractivity contribution in [3.63, 3.8) is 0 Å². The van der Waals surface area contributed by atoms with E-state index in [1.807, 2.05) is 137 Å². The van der Waals surface area contributed by atoms with Crippen LogP contribution in [0.1, 0.15) is 27.7 Å². The molecule has 5 heterocycles. The molecule has 0 aliphatic rings. The van der Waals surface area contributed by atoms with Crippen LogP contribution in [-0.4, -0.2) is 24.9 Å². The largest absolute Gasteiger partial charge is 0.456 e. The standard InChI is InChI=1S/C49H27N5O2S.C4H8.C2H6/c1-3-12-28(13-4-1)43-45-44(34-17-8-10-21-41(34)57-45)51-47(50-43)31-22-24-33-40(27-31)56-39-20-11-18-35(42(33)39)49-53-46(29-14-5-2-6-15-29)52-48(54-49)30-23-25-38-36(26-30)32-16-7-9-19-37(32)55-38;1-3-4-2;1-2/h1-27H;3-4H,1-2H3;1-2H3/b;4-3-;. The molecule has 0 spiro atoms. The fourth-order valence-corrected chi connectivity index (χ4v) is 9.02. The van der Waals surface area contributed by atoms with Gasteiger partial charge < -0.3 is 8.83 Å². The van der Waals surface area contributed by atoms with Crippen LogP contribution in [-0.2, 0) is 0 Å². The zero-order valence-electron chi connectivity index (χ0n) is 35.2. The summed E-state index contributed by atoms with van der Waals surface area (Å²) in [6.45, 7) is 8.00. The Labute approximate surface area is 368 Å². The number of benzene rings is 7. The van der Waals surface area contributed by atoms with E-state index >= 15 is 0 Å². The van der Waals surface area contributed by atoms with Crippen molar-refractivity contribution >= 4 is 75.5 Å². The second-order valence-corrected chi connectivity index (χ2v) is 15.7. The van der Waals surface area contributed by atoms with Crippen LogP contribution in [0.3, 0.4) is 0 Å². The molecule has 63 heavy (non-hydrogen) atoms. The van der Waals surface area contributed by atoms with Crippen LogP contribution in [0, 0.1) is 0 Å². The van der Waals surface area contributed by atoms with Crippen molar-refractivity contribution in [2.45, 2.75) is 27.7 Å². The van der Waals surface area contributed by atoms with Gasteiger partial charge in [-0.05, 0) is 62.4 Å². The fraction of sp³-hybridized carbons (Fsp3) is 0.0727. The molecule has 0 aliphatic carbocycles. The van der Waals surface area contributed by atoms with Gasteiger partial charge in [-0.2, -0.15) is 0 Å². The first-order valence-electron chi connectivity index (χ1n) is 21.1. The number of aromatic nitrogens is 5. The quantitative estimate of drug-likeness (QED) is 0.159. The highest BCUT2D eigenvalue weighted by atomic mass is 32.1. The highest BCUT2D eigenvalue weighted by molar-refractivity contribution is 7.26. The van der Waals surface area contributed by atoms with Crippen LogP contribution in [0.25, 0.3) is 121 Å². The number of fused-ring (bicyclic) bond motifs is 9. The van der Waals surface area contributed by atoms with Crippen LogP contribution >= 0.6 is 11.3 Å². The normalized spacial score (nSPS) is 11.4. The van der Waals surface area contributed by atoms with Crippen molar-refractivity contribution < 1.29 is 8.83 Å². The van der Waals surface area contributed by atoms with Gasteiger partial charge >= 0.3 is 0 Å². The Balaban J connectivity index is 0.000000746. The Kier molecular flexibility index (Phi) is 10.6. The summed E-state index contributed by atoms with van der Waals surface area (Å²) in [5.41, 5.74) is 9.53. The molecule has 0 saturated carbocycles. The molecule has 0 bridgehead atoms. The lowest BCUT2D eigenvalue weighted by atomic mass is 10.0. The maximum atomic E-state index is 6.61. The van der Waals surface area contributed by atoms with Gasteiger partial charge in [-0.25, -0.2) is 24.9 Å². The Morgan fingerprint density at radius 2 is 1.00 bits per heavy atom. The topological polar surface area (TPSA) is 90.7 Å². The molecule has 0 saturated heterocycles. The molecule has 0 atom stereocenters. The average molecular weight is 836 g/mol. The van der Waals surface area contributed by atoms with Crippen molar-refractivity contribution in [3.05, 3.63) is 176 Å². The molecule has 12 aromatic rings. The molecular weight excluding hydrogens is 795 g/mol. The third kappa shape index (κ3) is 7.20. The highest BCUT2D eigenvalue weighted by Gasteiger charge is 2.21. The molecule has 0 unspecified atom stereocenters. The van der Waals surface area contributed by atoms with E-state index in [1.165, 1.54) is 4.70 Å². The molecule has 8 heteroatoms. The minimum Gasteiger partial charge on any atom is -0.456 e. The molecule has 0 fully saturated rings. The van der Waals surface area contributed by atoms with Gasteiger partial charge in [-0.3, -0.25) is 0 Å². The number of allylic oxidation sites excluding steroid dienone is 2. The summed E-state index contributed by atoms with van der Waals surface area (Å²) in [6.07, 6.45) is 4.00. The Morgan fingerprint density at radius 3 is 1.78 bits per heavy atom. The number of hydrogen-bond donors (Lipinski definition) is 0. The van der Waals surface area contributed by atoms with Gasteiger partial charge in [0.25, 0.3) is 0 Å². The maximum absolute atomic E-state index is 6.61. The lowest BCUT2D eigenvalue weighted by Crippen LogP contribution is -2.00. The van der Waals surface area contributed by atoms with Gasteiger partial charge in [0.15, 0.2) is 23.3 Å². The van der Waals surface area contributed by atoms with Crippen molar-refractivity contribution in [2.24, 2.45) is 0 Å².